The first kappa shape index (κ1) is 20.4. The van der Waals surface area contributed by atoms with Crippen molar-refractivity contribution in [3.8, 4) is 0 Å². The maximum Gasteiger partial charge on any atom is 0.251 e. The molecule has 1 atom stereocenters. The van der Waals surface area contributed by atoms with Gasteiger partial charge in [-0.15, -0.1) is 0 Å². The second kappa shape index (κ2) is 8.85. The third kappa shape index (κ3) is 4.32. The molecule has 3 aliphatic heterocycles. The summed E-state index contributed by atoms with van der Waals surface area (Å²) in [6, 6.07) is 6.85. The molecule has 1 N–H and O–H groups in total. The van der Waals surface area contributed by atoms with Gasteiger partial charge in [0.25, 0.3) is 5.91 Å². The summed E-state index contributed by atoms with van der Waals surface area (Å²) in [6.45, 7) is 3.20. The molecule has 0 bridgehead atoms. The average Bonchev–Trinajstić information content (AvgIpc) is 3.39. The molecule has 1 aromatic carbocycles. The highest BCUT2D eigenvalue weighted by Crippen LogP contribution is 2.24. The van der Waals surface area contributed by atoms with E-state index in [-0.39, 0.29) is 36.2 Å². The van der Waals surface area contributed by atoms with E-state index in [0.29, 0.717) is 38.2 Å². The first-order valence-electron chi connectivity index (χ1n) is 10.8. The number of nitrogens with zero attached hydrogens (tertiary/aromatic N) is 3. The van der Waals surface area contributed by atoms with Crippen LogP contribution in [-0.2, 0) is 20.9 Å². The van der Waals surface area contributed by atoms with Crippen LogP contribution in [0.25, 0.3) is 0 Å². The van der Waals surface area contributed by atoms with E-state index in [2.05, 4.69) is 5.32 Å². The van der Waals surface area contributed by atoms with E-state index in [1.807, 2.05) is 17.0 Å². The molecule has 1 aromatic rings. The molecule has 3 fully saturated rings. The van der Waals surface area contributed by atoms with Crippen molar-refractivity contribution >= 4 is 23.6 Å². The lowest BCUT2D eigenvalue weighted by molar-refractivity contribution is -0.154. The Kier molecular flexibility index (Phi) is 6.01. The van der Waals surface area contributed by atoms with Crippen LogP contribution in [0.1, 0.15) is 48.0 Å². The molecule has 1 unspecified atom stereocenters. The van der Waals surface area contributed by atoms with Gasteiger partial charge < -0.3 is 20.0 Å². The van der Waals surface area contributed by atoms with E-state index in [4.69, 9.17) is 0 Å². The number of fused-ring (bicyclic) bond motifs is 1. The second-order valence-corrected chi connectivity index (χ2v) is 8.23. The zero-order chi connectivity index (χ0) is 21.1. The Balaban J connectivity index is 1.25. The van der Waals surface area contributed by atoms with Crippen LogP contribution in [-0.4, -0.2) is 77.1 Å². The maximum atomic E-state index is 12.6. The Labute approximate surface area is 176 Å². The standard InChI is InChI=1S/C22H28N4O4/c27-19-5-2-11-24(19)12-3-10-23-21(29)17-8-6-16(7-9-17)14-25-15-20(28)26-13-1-4-18(26)22(25)30/h6-9,18H,1-5,10-15H2,(H,23,29). The predicted octanol–water partition coefficient (Wildman–Crippen LogP) is 0.762. The first-order valence-corrected chi connectivity index (χ1v) is 10.8. The summed E-state index contributed by atoms with van der Waals surface area (Å²) in [5, 5.41) is 2.89. The average molecular weight is 412 g/mol. The Morgan fingerprint density at radius 2 is 1.80 bits per heavy atom. The minimum atomic E-state index is -0.299. The molecule has 0 spiro atoms. The SMILES string of the molecule is O=C(NCCCN1CCCC1=O)c1ccc(CN2CC(=O)N3CCCC3C2=O)cc1. The van der Waals surface area contributed by atoms with Crippen molar-refractivity contribution in [2.24, 2.45) is 0 Å². The third-order valence-corrected chi connectivity index (χ3v) is 6.15. The fourth-order valence-electron chi connectivity index (χ4n) is 4.49. The van der Waals surface area contributed by atoms with Gasteiger partial charge >= 0.3 is 0 Å². The van der Waals surface area contributed by atoms with Crippen molar-refractivity contribution in [1.29, 1.82) is 0 Å². The van der Waals surface area contributed by atoms with Gasteiger partial charge in [-0.05, 0) is 43.4 Å². The monoisotopic (exact) mass is 412 g/mol. The number of hydrogen-bond acceptors (Lipinski definition) is 4. The van der Waals surface area contributed by atoms with Crippen molar-refractivity contribution in [3.05, 3.63) is 35.4 Å². The van der Waals surface area contributed by atoms with E-state index >= 15 is 0 Å². The van der Waals surface area contributed by atoms with Gasteiger partial charge in [-0.25, -0.2) is 0 Å². The number of likely N-dealkylation sites (tertiary alicyclic amines) is 1. The van der Waals surface area contributed by atoms with E-state index in [1.165, 1.54) is 0 Å². The second-order valence-electron chi connectivity index (χ2n) is 8.23. The van der Waals surface area contributed by atoms with Gasteiger partial charge in [-0.1, -0.05) is 12.1 Å². The largest absolute Gasteiger partial charge is 0.352 e. The minimum absolute atomic E-state index is 0.0173. The van der Waals surface area contributed by atoms with Gasteiger partial charge in [-0.2, -0.15) is 0 Å². The van der Waals surface area contributed by atoms with Crippen LogP contribution in [0.3, 0.4) is 0 Å². The van der Waals surface area contributed by atoms with Crippen LogP contribution in [0.2, 0.25) is 0 Å². The molecule has 3 aliphatic rings. The summed E-state index contributed by atoms with van der Waals surface area (Å²) < 4.78 is 0. The van der Waals surface area contributed by atoms with Crippen LogP contribution < -0.4 is 5.32 Å². The van der Waals surface area contributed by atoms with Crippen LogP contribution >= 0.6 is 0 Å². The quantitative estimate of drug-likeness (QED) is 0.670. The fraction of sp³-hybridized carbons (Fsp3) is 0.545. The Morgan fingerprint density at radius 1 is 1.00 bits per heavy atom. The van der Waals surface area contributed by atoms with E-state index in [0.717, 1.165) is 37.8 Å². The van der Waals surface area contributed by atoms with Gasteiger partial charge in [0, 0.05) is 44.7 Å². The minimum Gasteiger partial charge on any atom is -0.352 e. The first-order chi connectivity index (χ1) is 14.5. The zero-order valence-corrected chi connectivity index (χ0v) is 17.1. The Hall–Kier alpha value is -2.90. The van der Waals surface area contributed by atoms with Gasteiger partial charge in [-0.3, -0.25) is 19.2 Å². The lowest BCUT2D eigenvalue weighted by Gasteiger charge is -2.36. The van der Waals surface area contributed by atoms with Gasteiger partial charge in [0.15, 0.2) is 0 Å². The molecule has 0 aliphatic carbocycles. The van der Waals surface area contributed by atoms with Gasteiger partial charge in [0.05, 0.1) is 0 Å². The highest BCUT2D eigenvalue weighted by molar-refractivity contribution is 5.95. The van der Waals surface area contributed by atoms with Crippen molar-refractivity contribution < 1.29 is 19.2 Å². The van der Waals surface area contributed by atoms with Crippen molar-refractivity contribution in [1.82, 2.24) is 20.0 Å². The van der Waals surface area contributed by atoms with Crippen LogP contribution in [0.5, 0.6) is 0 Å². The number of rotatable bonds is 7. The predicted molar refractivity (Wildman–Crippen MR) is 109 cm³/mol. The zero-order valence-electron chi connectivity index (χ0n) is 17.1. The Bertz CT molecular complexity index is 838. The third-order valence-electron chi connectivity index (χ3n) is 6.15. The molecule has 8 nitrogen and oxygen atoms in total. The molecular formula is C22H28N4O4. The molecule has 0 aromatic heterocycles. The molecule has 3 heterocycles. The van der Waals surface area contributed by atoms with Crippen LogP contribution in [0.15, 0.2) is 24.3 Å². The maximum absolute atomic E-state index is 12.6. The summed E-state index contributed by atoms with van der Waals surface area (Å²) in [7, 11) is 0. The molecule has 3 saturated heterocycles. The summed E-state index contributed by atoms with van der Waals surface area (Å²) in [4.78, 5) is 54.0. The molecule has 4 rings (SSSR count). The van der Waals surface area contributed by atoms with Crippen molar-refractivity contribution in [2.45, 2.75) is 44.7 Å². The summed E-state index contributed by atoms with van der Waals surface area (Å²) >= 11 is 0. The topological polar surface area (TPSA) is 90.0 Å². The lowest BCUT2D eigenvalue weighted by atomic mass is 10.1. The number of hydrogen-bond donors (Lipinski definition) is 1. The molecule has 0 saturated carbocycles. The Morgan fingerprint density at radius 3 is 2.53 bits per heavy atom. The molecule has 0 radical (unpaired) electrons. The number of benzene rings is 1. The van der Waals surface area contributed by atoms with Crippen LogP contribution in [0, 0.1) is 0 Å². The van der Waals surface area contributed by atoms with E-state index < -0.39 is 0 Å². The fourth-order valence-corrected chi connectivity index (χ4v) is 4.49. The number of nitrogens with one attached hydrogen (secondary N) is 1. The van der Waals surface area contributed by atoms with Crippen molar-refractivity contribution in [2.75, 3.05) is 32.7 Å². The van der Waals surface area contributed by atoms with Gasteiger partial charge in [0.1, 0.15) is 12.6 Å². The van der Waals surface area contributed by atoms with Gasteiger partial charge in [0.2, 0.25) is 17.7 Å². The summed E-state index contributed by atoms with van der Waals surface area (Å²) in [5.74, 6) is 0.0840. The highest BCUT2D eigenvalue weighted by atomic mass is 16.2. The molecule has 8 heteroatoms. The number of carbonyl (C=O) groups is 4. The molecule has 4 amide bonds. The van der Waals surface area contributed by atoms with E-state index in [9.17, 15) is 19.2 Å². The molecule has 160 valence electrons. The smallest absolute Gasteiger partial charge is 0.251 e. The van der Waals surface area contributed by atoms with Crippen molar-refractivity contribution in [3.63, 3.8) is 0 Å². The normalized spacial score (nSPS) is 21.4. The molecular weight excluding hydrogens is 384 g/mol. The summed E-state index contributed by atoms with van der Waals surface area (Å²) in [6.07, 6.45) is 3.92. The number of amides is 4. The van der Waals surface area contributed by atoms with E-state index in [1.54, 1.807) is 21.9 Å². The highest BCUT2D eigenvalue weighted by Gasteiger charge is 2.41. The molecule has 30 heavy (non-hydrogen) atoms. The number of piperazine rings is 1. The van der Waals surface area contributed by atoms with Crippen LogP contribution in [0.4, 0.5) is 0 Å². The number of carbonyl (C=O) groups excluding carboxylic acids is 4. The summed E-state index contributed by atoms with van der Waals surface area (Å²) in [5.41, 5.74) is 1.45. The lowest BCUT2D eigenvalue weighted by Crippen LogP contribution is -2.56.